The van der Waals surface area contributed by atoms with Gasteiger partial charge in [0.05, 0.1) is 11.6 Å². The van der Waals surface area contributed by atoms with Gasteiger partial charge in [-0.3, -0.25) is 4.79 Å². The minimum absolute atomic E-state index is 0.0718. The smallest absolute Gasteiger partial charge is 0.254 e. The Hall–Kier alpha value is -3.48. The maximum Gasteiger partial charge on any atom is 0.254 e. The topological polar surface area (TPSA) is 79.7 Å². The monoisotopic (exact) mass is 468 g/mol. The Balaban J connectivity index is 1.56. The predicted octanol–water partition coefficient (Wildman–Crippen LogP) is 5.18. The molecule has 180 valence electrons. The Morgan fingerprint density at radius 1 is 1.03 bits per heavy atom. The van der Waals surface area contributed by atoms with E-state index in [2.05, 4.69) is 81.7 Å². The first-order valence-corrected chi connectivity index (χ1v) is 12.9. The van der Waals surface area contributed by atoms with Crippen LogP contribution in [0.25, 0.3) is 10.9 Å². The van der Waals surface area contributed by atoms with E-state index in [1.807, 2.05) is 4.68 Å². The van der Waals surface area contributed by atoms with Crippen molar-refractivity contribution >= 4 is 16.6 Å². The van der Waals surface area contributed by atoms with Crippen LogP contribution >= 0.6 is 0 Å². The molecule has 2 aromatic heterocycles. The van der Waals surface area contributed by atoms with Crippen molar-refractivity contribution in [1.29, 1.82) is 0 Å². The SMILES string of the molecule is Cc1ccc2cc([C@H](c3nnnn3C3CCCCC3)N3CCCc4ccccc43)c(=O)[nH]c2c1C. The lowest BCUT2D eigenvalue weighted by molar-refractivity contribution is 0.313. The maximum atomic E-state index is 13.7. The van der Waals surface area contributed by atoms with Crippen LogP contribution in [0.15, 0.2) is 47.3 Å². The molecule has 0 radical (unpaired) electrons. The van der Waals surface area contributed by atoms with Gasteiger partial charge in [-0.05, 0) is 84.2 Å². The number of tetrazole rings is 1. The first-order chi connectivity index (χ1) is 17.1. The first kappa shape index (κ1) is 22.0. The van der Waals surface area contributed by atoms with Crippen molar-refractivity contribution in [2.45, 2.75) is 70.9 Å². The lowest BCUT2D eigenvalue weighted by Crippen LogP contribution is -2.39. The molecule has 0 unspecified atom stereocenters. The lowest BCUT2D eigenvalue weighted by Gasteiger charge is -2.38. The fourth-order valence-corrected chi connectivity index (χ4v) is 5.99. The molecular weight excluding hydrogens is 436 g/mol. The van der Waals surface area contributed by atoms with Gasteiger partial charge in [-0.1, -0.05) is 49.6 Å². The number of H-pyrrole nitrogens is 1. The molecule has 2 aliphatic rings. The third-order valence-electron chi connectivity index (χ3n) is 8.02. The first-order valence-electron chi connectivity index (χ1n) is 12.9. The molecule has 1 aliphatic heterocycles. The zero-order chi connectivity index (χ0) is 23.9. The summed E-state index contributed by atoms with van der Waals surface area (Å²) in [5.74, 6) is 0.766. The summed E-state index contributed by atoms with van der Waals surface area (Å²) in [5, 5.41) is 14.2. The Labute approximate surface area is 205 Å². The number of hydrogen-bond acceptors (Lipinski definition) is 5. The van der Waals surface area contributed by atoms with Crippen LogP contribution in [0.4, 0.5) is 5.69 Å². The summed E-state index contributed by atoms with van der Waals surface area (Å²) in [4.78, 5) is 19.3. The van der Waals surface area contributed by atoms with Crippen LogP contribution in [-0.4, -0.2) is 31.7 Å². The van der Waals surface area contributed by atoms with Crippen LogP contribution in [0.1, 0.15) is 78.7 Å². The molecule has 2 aromatic carbocycles. The van der Waals surface area contributed by atoms with Crippen LogP contribution in [0.5, 0.6) is 0 Å². The molecule has 7 heteroatoms. The van der Waals surface area contributed by atoms with Gasteiger partial charge in [0.1, 0.15) is 6.04 Å². The molecule has 1 N–H and O–H groups in total. The number of para-hydroxylation sites is 1. The Bertz CT molecular complexity index is 1430. The summed E-state index contributed by atoms with van der Waals surface area (Å²) in [5.41, 5.74) is 6.29. The van der Waals surface area contributed by atoms with Crippen molar-refractivity contribution in [3.05, 3.63) is 80.9 Å². The summed E-state index contributed by atoms with van der Waals surface area (Å²) in [6.45, 7) is 4.99. The van der Waals surface area contributed by atoms with Crippen LogP contribution in [0.3, 0.4) is 0 Å². The van der Waals surface area contributed by atoms with Gasteiger partial charge in [0.15, 0.2) is 5.82 Å². The van der Waals surface area contributed by atoms with Gasteiger partial charge in [-0.2, -0.15) is 0 Å². The Morgan fingerprint density at radius 3 is 2.71 bits per heavy atom. The molecule has 1 atom stereocenters. The fraction of sp³-hybridized carbons (Fsp3) is 0.429. The highest BCUT2D eigenvalue weighted by atomic mass is 16.1. The quantitative estimate of drug-likeness (QED) is 0.446. The lowest BCUT2D eigenvalue weighted by atomic mass is 9.93. The number of rotatable bonds is 4. The van der Waals surface area contributed by atoms with E-state index in [4.69, 9.17) is 0 Å². The number of nitrogens with zero attached hydrogens (tertiary/aromatic N) is 5. The van der Waals surface area contributed by atoms with Crippen molar-refractivity contribution in [2.24, 2.45) is 0 Å². The second-order valence-corrected chi connectivity index (χ2v) is 10.1. The maximum absolute atomic E-state index is 13.7. The summed E-state index contributed by atoms with van der Waals surface area (Å²) in [6.07, 6.45) is 7.87. The zero-order valence-corrected chi connectivity index (χ0v) is 20.5. The summed E-state index contributed by atoms with van der Waals surface area (Å²) in [6, 6.07) is 14.7. The average molecular weight is 469 g/mol. The van der Waals surface area contributed by atoms with Crippen molar-refractivity contribution in [3.8, 4) is 0 Å². The molecule has 1 aliphatic carbocycles. The summed E-state index contributed by atoms with van der Waals surface area (Å²) in [7, 11) is 0. The van der Waals surface area contributed by atoms with Gasteiger partial charge >= 0.3 is 0 Å². The Morgan fingerprint density at radius 2 is 1.86 bits per heavy atom. The van der Waals surface area contributed by atoms with E-state index in [-0.39, 0.29) is 17.6 Å². The minimum atomic E-state index is -0.358. The van der Waals surface area contributed by atoms with Crippen molar-refractivity contribution in [2.75, 3.05) is 11.4 Å². The molecule has 6 rings (SSSR count). The second-order valence-electron chi connectivity index (χ2n) is 10.1. The van der Waals surface area contributed by atoms with Gasteiger partial charge < -0.3 is 9.88 Å². The summed E-state index contributed by atoms with van der Waals surface area (Å²) >= 11 is 0. The molecule has 1 fully saturated rings. The molecule has 0 saturated heterocycles. The van der Waals surface area contributed by atoms with Crippen molar-refractivity contribution in [1.82, 2.24) is 25.2 Å². The van der Waals surface area contributed by atoms with Crippen molar-refractivity contribution < 1.29 is 0 Å². The third kappa shape index (κ3) is 3.83. The molecule has 4 aromatic rings. The fourth-order valence-electron chi connectivity index (χ4n) is 5.99. The largest absolute Gasteiger partial charge is 0.357 e. The van der Waals surface area contributed by atoms with E-state index in [1.165, 1.54) is 36.1 Å². The number of fused-ring (bicyclic) bond motifs is 2. The second kappa shape index (κ2) is 8.95. The number of benzene rings is 2. The molecular formula is C28H32N6O. The number of aromatic nitrogens is 5. The van der Waals surface area contributed by atoms with Gasteiger partial charge in [-0.15, -0.1) is 5.10 Å². The van der Waals surface area contributed by atoms with Crippen LogP contribution in [0, 0.1) is 13.8 Å². The molecule has 3 heterocycles. The molecule has 1 saturated carbocycles. The van der Waals surface area contributed by atoms with Gasteiger partial charge in [0.25, 0.3) is 5.56 Å². The molecule has 0 bridgehead atoms. The zero-order valence-electron chi connectivity index (χ0n) is 20.5. The van der Waals surface area contributed by atoms with Gasteiger partial charge in [0, 0.05) is 17.8 Å². The molecule has 0 spiro atoms. The number of anilines is 1. The highest BCUT2D eigenvalue weighted by Crippen LogP contribution is 2.38. The van der Waals surface area contributed by atoms with Crippen LogP contribution < -0.4 is 10.5 Å². The number of pyridine rings is 1. The van der Waals surface area contributed by atoms with Crippen LogP contribution in [0.2, 0.25) is 0 Å². The van der Waals surface area contributed by atoms with E-state index < -0.39 is 0 Å². The van der Waals surface area contributed by atoms with Gasteiger partial charge in [-0.25, -0.2) is 4.68 Å². The Kier molecular flexibility index (Phi) is 5.63. The highest BCUT2D eigenvalue weighted by molar-refractivity contribution is 5.83. The van der Waals surface area contributed by atoms with E-state index in [0.717, 1.165) is 54.5 Å². The van der Waals surface area contributed by atoms with E-state index in [1.54, 1.807) is 0 Å². The minimum Gasteiger partial charge on any atom is -0.357 e. The van der Waals surface area contributed by atoms with E-state index in [9.17, 15) is 4.79 Å². The number of aromatic amines is 1. The number of hydrogen-bond donors (Lipinski definition) is 1. The molecule has 35 heavy (non-hydrogen) atoms. The highest BCUT2D eigenvalue weighted by Gasteiger charge is 2.34. The molecule has 7 nitrogen and oxygen atoms in total. The number of aryl methyl sites for hydroxylation is 3. The summed E-state index contributed by atoms with van der Waals surface area (Å²) < 4.78 is 2.02. The van der Waals surface area contributed by atoms with Crippen LogP contribution in [-0.2, 0) is 6.42 Å². The van der Waals surface area contributed by atoms with E-state index in [0.29, 0.717) is 5.56 Å². The van der Waals surface area contributed by atoms with E-state index >= 15 is 0 Å². The predicted molar refractivity (Wildman–Crippen MR) is 138 cm³/mol. The van der Waals surface area contributed by atoms with Crippen molar-refractivity contribution in [3.63, 3.8) is 0 Å². The number of nitrogens with one attached hydrogen (secondary N) is 1. The average Bonchev–Trinajstić information content (AvgIpc) is 3.37. The standard InChI is InChI=1S/C28H32N6O/c1-18-14-15-21-17-23(28(35)29-25(21)19(18)2)26(33-16-8-10-20-9-6-7-13-24(20)33)27-30-31-32-34(27)22-11-4-3-5-12-22/h6-7,9,13-15,17,22,26H,3-5,8,10-12,16H2,1-2H3,(H,29,35)/t26-/m1/s1. The third-order valence-corrected chi connectivity index (χ3v) is 8.02. The normalized spacial score (nSPS) is 17.5. The molecule has 0 amide bonds. The van der Waals surface area contributed by atoms with Gasteiger partial charge in [0.2, 0.25) is 0 Å².